The van der Waals surface area contributed by atoms with Gasteiger partial charge in [0.1, 0.15) is 5.41 Å². The fraction of sp³-hybridized carbons (Fsp3) is 0.0571. The van der Waals surface area contributed by atoms with Gasteiger partial charge in [0.15, 0.2) is 0 Å². The van der Waals surface area contributed by atoms with Gasteiger partial charge in [0.05, 0.1) is 5.56 Å². The van der Waals surface area contributed by atoms with Gasteiger partial charge in [-0.05, 0) is 61.0 Å². The first-order valence-electron chi connectivity index (χ1n) is 12.8. The molecule has 9 rings (SSSR count). The molecule has 0 atom stereocenters. The third kappa shape index (κ3) is 2.45. The molecule has 2 bridgehead atoms. The summed E-state index contributed by atoms with van der Waals surface area (Å²) in [4.78, 5) is 4.26. The second kappa shape index (κ2) is 7.36. The van der Waals surface area contributed by atoms with E-state index in [2.05, 4.69) is 132 Å². The first kappa shape index (κ1) is 20.4. The Morgan fingerprint density at radius 1 is 0.541 bits per heavy atom. The maximum Gasteiger partial charge on any atom is 0.319 e. The lowest BCUT2D eigenvalue weighted by Gasteiger charge is -2.48. The van der Waals surface area contributed by atoms with Crippen molar-refractivity contribution in [3.8, 4) is 0 Å². The van der Waals surface area contributed by atoms with E-state index in [1.807, 2.05) is 0 Å². The standard InChI is InChI=1S/C35H22N2/c36-37-34(33-24-13-3-1-11-22(24)21-23-12-2-4-14-25(23)33)35-29-18-8-5-15-26(29)32(27-16-6-9-19-30(27)35)28-17-7-10-20-31(28)35/h1-21,32H. The molecule has 0 fully saturated rings. The second-order valence-electron chi connectivity index (χ2n) is 10.1. The average molecular weight is 471 g/mol. The van der Waals surface area contributed by atoms with Crippen molar-refractivity contribution in [2.24, 2.45) is 0 Å². The molecule has 0 unspecified atom stereocenters. The Morgan fingerprint density at radius 2 is 0.946 bits per heavy atom. The molecule has 0 saturated carbocycles. The highest BCUT2D eigenvalue weighted by Gasteiger charge is 2.59. The van der Waals surface area contributed by atoms with E-state index in [1.54, 1.807) is 0 Å². The number of nitrogens with zero attached hydrogens (tertiary/aromatic N) is 2. The second-order valence-corrected chi connectivity index (χ2v) is 10.1. The third-order valence-electron chi connectivity index (χ3n) is 8.49. The van der Waals surface area contributed by atoms with Crippen molar-refractivity contribution in [1.29, 1.82) is 0 Å². The van der Waals surface area contributed by atoms with Crippen LogP contribution in [0.25, 0.3) is 27.1 Å². The van der Waals surface area contributed by atoms with E-state index >= 15 is 0 Å². The summed E-state index contributed by atoms with van der Waals surface area (Å²) in [6, 6.07) is 45.2. The van der Waals surface area contributed by atoms with Crippen LogP contribution in [0, 0.1) is 0 Å². The molecule has 0 aliphatic heterocycles. The van der Waals surface area contributed by atoms with Crippen molar-refractivity contribution < 1.29 is 4.79 Å². The van der Waals surface area contributed by atoms with Crippen LogP contribution in [0.15, 0.2) is 127 Å². The van der Waals surface area contributed by atoms with Crippen LogP contribution >= 0.6 is 0 Å². The maximum absolute atomic E-state index is 11.1. The summed E-state index contributed by atoms with van der Waals surface area (Å²) in [6.07, 6.45) is 0. The van der Waals surface area contributed by atoms with Crippen molar-refractivity contribution in [1.82, 2.24) is 0 Å². The SMILES string of the molecule is [N-]=[N+]=C(c1c2ccccc2cc2ccccc12)C12c3ccccc3C(c3ccccc31)c1ccccc12. The number of benzene rings is 6. The monoisotopic (exact) mass is 470 g/mol. The molecule has 2 nitrogen and oxygen atoms in total. The molecule has 3 aliphatic carbocycles. The summed E-state index contributed by atoms with van der Waals surface area (Å²) in [5, 5.41) is 4.44. The van der Waals surface area contributed by atoms with Gasteiger partial charge in [0, 0.05) is 5.92 Å². The molecule has 2 heteroatoms. The Bertz CT molecular complexity index is 1790. The smallest absolute Gasteiger partial charge is 0.319 e. The van der Waals surface area contributed by atoms with Crippen LogP contribution in [0.3, 0.4) is 0 Å². The molecule has 0 heterocycles. The van der Waals surface area contributed by atoms with Gasteiger partial charge >= 0.3 is 5.71 Å². The van der Waals surface area contributed by atoms with Gasteiger partial charge in [0.25, 0.3) is 0 Å². The van der Waals surface area contributed by atoms with Gasteiger partial charge in [0.2, 0.25) is 0 Å². The largest absolute Gasteiger partial charge is 0.361 e. The highest BCUT2D eigenvalue weighted by atomic mass is 14.9. The Labute approximate surface area is 215 Å². The van der Waals surface area contributed by atoms with Crippen LogP contribution in [-0.2, 0) is 5.41 Å². The molecular formula is C35H22N2. The molecular weight excluding hydrogens is 448 g/mol. The Morgan fingerprint density at radius 3 is 1.41 bits per heavy atom. The van der Waals surface area contributed by atoms with E-state index in [0.717, 1.165) is 27.1 Å². The molecule has 0 amide bonds. The summed E-state index contributed by atoms with van der Waals surface area (Å²) in [5.41, 5.74) is 19.5. The summed E-state index contributed by atoms with van der Waals surface area (Å²) in [6.45, 7) is 0. The molecule has 3 aliphatic rings. The zero-order valence-electron chi connectivity index (χ0n) is 20.1. The molecule has 0 aromatic heterocycles. The van der Waals surface area contributed by atoms with Crippen LogP contribution in [0.5, 0.6) is 0 Å². The van der Waals surface area contributed by atoms with Gasteiger partial charge in [-0.1, -0.05) is 121 Å². The lowest BCUT2D eigenvalue weighted by Crippen LogP contribution is -2.48. The molecule has 172 valence electrons. The normalized spacial score (nSPS) is 18.6. The molecule has 0 radical (unpaired) electrons. The highest BCUT2D eigenvalue weighted by Crippen LogP contribution is 2.60. The predicted octanol–water partition coefficient (Wildman–Crippen LogP) is 7.85. The molecule has 37 heavy (non-hydrogen) atoms. The van der Waals surface area contributed by atoms with Crippen LogP contribution in [0.1, 0.15) is 44.9 Å². The van der Waals surface area contributed by atoms with Gasteiger partial charge < -0.3 is 5.53 Å². The average Bonchev–Trinajstić information content (AvgIpc) is 2.97. The Hall–Kier alpha value is -4.78. The van der Waals surface area contributed by atoms with E-state index in [-0.39, 0.29) is 5.92 Å². The highest BCUT2D eigenvalue weighted by molar-refractivity contribution is 6.25. The van der Waals surface area contributed by atoms with Crippen molar-refractivity contribution in [3.05, 3.63) is 172 Å². The van der Waals surface area contributed by atoms with Crippen molar-refractivity contribution in [2.45, 2.75) is 11.3 Å². The number of hydrogen-bond donors (Lipinski definition) is 0. The number of hydrogen-bond acceptors (Lipinski definition) is 0. The minimum atomic E-state index is -0.750. The van der Waals surface area contributed by atoms with Gasteiger partial charge in [-0.3, -0.25) is 0 Å². The minimum Gasteiger partial charge on any atom is -0.361 e. The van der Waals surface area contributed by atoms with E-state index in [4.69, 9.17) is 0 Å². The Balaban J connectivity index is 1.62. The summed E-state index contributed by atoms with van der Waals surface area (Å²) >= 11 is 0. The molecule has 0 spiro atoms. The zero-order chi connectivity index (χ0) is 24.6. The van der Waals surface area contributed by atoms with Gasteiger partial charge in [-0.2, -0.15) is 4.79 Å². The van der Waals surface area contributed by atoms with Crippen LogP contribution in [0.4, 0.5) is 0 Å². The summed E-state index contributed by atoms with van der Waals surface area (Å²) in [7, 11) is 0. The molecule has 6 aromatic rings. The van der Waals surface area contributed by atoms with Crippen molar-refractivity contribution in [3.63, 3.8) is 0 Å². The quantitative estimate of drug-likeness (QED) is 0.107. The minimum absolute atomic E-state index is 0.162. The number of rotatable bonds is 2. The van der Waals surface area contributed by atoms with E-state index in [1.165, 1.54) is 33.4 Å². The fourth-order valence-electron chi connectivity index (χ4n) is 7.17. The van der Waals surface area contributed by atoms with E-state index in [9.17, 15) is 5.53 Å². The van der Waals surface area contributed by atoms with Gasteiger partial charge in [-0.25, -0.2) is 0 Å². The summed E-state index contributed by atoms with van der Waals surface area (Å²) < 4.78 is 0. The van der Waals surface area contributed by atoms with Crippen molar-refractivity contribution >= 4 is 27.3 Å². The topological polar surface area (TPSA) is 36.4 Å². The van der Waals surface area contributed by atoms with Crippen LogP contribution in [-0.4, -0.2) is 10.5 Å². The molecule has 0 N–H and O–H groups in total. The molecule has 0 saturated heterocycles. The lowest BCUT2D eigenvalue weighted by atomic mass is 9.50. The first-order valence-corrected chi connectivity index (χ1v) is 12.8. The van der Waals surface area contributed by atoms with Crippen LogP contribution < -0.4 is 0 Å². The fourth-order valence-corrected chi connectivity index (χ4v) is 7.17. The zero-order valence-corrected chi connectivity index (χ0v) is 20.1. The number of fused-ring (bicyclic) bond motifs is 2. The lowest BCUT2D eigenvalue weighted by molar-refractivity contribution is -0.0105. The maximum atomic E-state index is 11.1. The third-order valence-corrected chi connectivity index (χ3v) is 8.49. The Kier molecular flexibility index (Phi) is 4.06. The van der Waals surface area contributed by atoms with Crippen LogP contribution in [0.2, 0.25) is 0 Å². The first-order chi connectivity index (χ1) is 18.3. The van der Waals surface area contributed by atoms with E-state index in [0.29, 0.717) is 5.71 Å². The summed E-state index contributed by atoms with van der Waals surface area (Å²) in [5.74, 6) is 0.162. The van der Waals surface area contributed by atoms with Gasteiger partial charge in [-0.15, -0.1) is 0 Å². The predicted molar refractivity (Wildman–Crippen MR) is 149 cm³/mol. The van der Waals surface area contributed by atoms with E-state index < -0.39 is 5.41 Å². The molecule has 6 aromatic carbocycles. The van der Waals surface area contributed by atoms with Crippen molar-refractivity contribution in [2.75, 3.05) is 0 Å².